The van der Waals surface area contributed by atoms with Crippen molar-refractivity contribution in [1.82, 2.24) is 4.90 Å². The summed E-state index contributed by atoms with van der Waals surface area (Å²) in [4.78, 5) is 27.5. The first kappa shape index (κ1) is 23.6. The van der Waals surface area contributed by atoms with Crippen molar-refractivity contribution in [1.29, 1.82) is 0 Å². The van der Waals surface area contributed by atoms with Crippen LogP contribution in [0.4, 0.5) is 11.4 Å². The standard InChI is InChI=1S/C24H25N5O4/c1-18(25)26-14-21-3-2-4-22(13-21)17-27(15-19-5-9-23(10-6-19)28(30)31)16-20-7-11-24(12-8-20)29(32)33/h2-13H,14-17H2,1H3,(H2,25,26). The van der Waals surface area contributed by atoms with Crippen molar-refractivity contribution >= 4 is 17.2 Å². The number of aliphatic imine (C=N–C) groups is 1. The zero-order valence-electron chi connectivity index (χ0n) is 18.3. The molecular formula is C24H25N5O4. The number of non-ortho nitro benzene ring substituents is 2. The molecule has 3 aromatic carbocycles. The molecule has 2 N–H and O–H groups in total. The molecule has 3 rings (SSSR count). The third-order valence-electron chi connectivity index (χ3n) is 5.02. The molecular weight excluding hydrogens is 422 g/mol. The van der Waals surface area contributed by atoms with E-state index in [-0.39, 0.29) is 11.4 Å². The number of rotatable bonds is 10. The van der Waals surface area contributed by atoms with Gasteiger partial charge in [-0.05, 0) is 29.2 Å². The summed E-state index contributed by atoms with van der Waals surface area (Å²) in [6.07, 6.45) is 0. The van der Waals surface area contributed by atoms with Crippen LogP contribution in [-0.2, 0) is 26.2 Å². The minimum atomic E-state index is -0.421. The van der Waals surface area contributed by atoms with Gasteiger partial charge in [-0.3, -0.25) is 30.1 Å². The van der Waals surface area contributed by atoms with Gasteiger partial charge < -0.3 is 5.73 Å². The molecule has 3 aromatic rings. The second kappa shape index (κ2) is 11.0. The van der Waals surface area contributed by atoms with E-state index in [4.69, 9.17) is 5.73 Å². The van der Waals surface area contributed by atoms with Crippen LogP contribution in [0.15, 0.2) is 77.8 Å². The van der Waals surface area contributed by atoms with Crippen molar-refractivity contribution in [2.24, 2.45) is 10.7 Å². The van der Waals surface area contributed by atoms with E-state index in [1.165, 1.54) is 24.3 Å². The van der Waals surface area contributed by atoms with Gasteiger partial charge in [-0.15, -0.1) is 0 Å². The number of nitrogens with two attached hydrogens (primary N) is 1. The molecule has 0 atom stereocenters. The molecule has 0 amide bonds. The maximum atomic E-state index is 10.9. The largest absolute Gasteiger partial charge is 0.388 e. The van der Waals surface area contributed by atoms with Gasteiger partial charge in [0.2, 0.25) is 0 Å². The van der Waals surface area contributed by atoms with E-state index in [1.807, 2.05) is 18.2 Å². The lowest BCUT2D eigenvalue weighted by molar-refractivity contribution is -0.385. The first-order valence-electron chi connectivity index (χ1n) is 10.3. The molecule has 0 bridgehead atoms. The number of nitro groups is 2. The first-order valence-corrected chi connectivity index (χ1v) is 10.3. The highest BCUT2D eigenvalue weighted by Crippen LogP contribution is 2.19. The van der Waals surface area contributed by atoms with Gasteiger partial charge in [0.1, 0.15) is 0 Å². The van der Waals surface area contributed by atoms with Gasteiger partial charge in [-0.25, -0.2) is 0 Å². The van der Waals surface area contributed by atoms with E-state index in [9.17, 15) is 20.2 Å². The summed E-state index contributed by atoms with van der Waals surface area (Å²) in [6, 6.07) is 21.0. The molecule has 170 valence electrons. The molecule has 0 aliphatic rings. The molecule has 0 saturated heterocycles. The van der Waals surface area contributed by atoms with Gasteiger partial charge in [-0.2, -0.15) is 0 Å². The van der Waals surface area contributed by atoms with Crippen LogP contribution < -0.4 is 5.73 Å². The zero-order chi connectivity index (χ0) is 23.8. The van der Waals surface area contributed by atoms with Crippen LogP contribution >= 0.6 is 0 Å². The SMILES string of the molecule is CC(N)=NCc1cccc(CN(Cc2ccc([N+](=O)[O-])cc2)Cc2ccc([N+](=O)[O-])cc2)c1. The summed E-state index contributed by atoms with van der Waals surface area (Å²) in [5, 5.41) is 21.9. The lowest BCUT2D eigenvalue weighted by Crippen LogP contribution is -2.22. The highest BCUT2D eigenvalue weighted by atomic mass is 16.6. The summed E-state index contributed by atoms with van der Waals surface area (Å²) in [7, 11) is 0. The number of hydrogen-bond acceptors (Lipinski definition) is 6. The molecule has 0 aromatic heterocycles. The molecule has 0 unspecified atom stereocenters. The molecule has 0 fully saturated rings. The monoisotopic (exact) mass is 447 g/mol. The van der Waals surface area contributed by atoms with Crippen LogP contribution in [0.1, 0.15) is 29.2 Å². The first-order chi connectivity index (χ1) is 15.8. The third kappa shape index (κ3) is 7.22. The van der Waals surface area contributed by atoms with E-state index in [0.29, 0.717) is 32.0 Å². The smallest absolute Gasteiger partial charge is 0.269 e. The average molecular weight is 447 g/mol. The molecule has 0 aliphatic carbocycles. The Hall–Kier alpha value is -4.11. The predicted molar refractivity (Wildman–Crippen MR) is 127 cm³/mol. The Morgan fingerprint density at radius 1 is 0.788 bits per heavy atom. The highest BCUT2D eigenvalue weighted by molar-refractivity contribution is 5.77. The van der Waals surface area contributed by atoms with Crippen molar-refractivity contribution in [3.8, 4) is 0 Å². The van der Waals surface area contributed by atoms with Gasteiger partial charge in [0, 0.05) is 43.9 Å². The van der Waals surface area contributed by atoms with Gasteiger partial charge >= 0.3 is 0 Å². The quantitative estimate of drug-likeness (QED) is 0.210. The van der Waals surface area contributed by atoms with Gasteiger partial charge in [0.25, 0.3) is 11.4 Å². The Bertz CT molecular complexity index is 1080. The van der Waals surface area contributed by atoms with Gasteiger partial charge in [0.05, 0.1) is 22.2 Å². The maximum Gasteiger partial charge on any atom is 0.269 e. The lowest BCUT2D eigenvalue weighted by atomic mass is 10.1. The van der Waals surface area contributed by atoms with Crippen LogP contribution in [-0.4, -0.2) is 20.6 Å². The van der Waals surface area contributed by atoms with E-state index >= 15 is 0 Å². The Balaban J connectivity index is 1.81. The number of hydrogen-bond donors (Lipinski definition) is 1. The fourth-order valence-electron chi connectivity index (χ4n) is 3.43. The second-order valence-electron chi connectivity index (χ2n) is 7.77. The van der Waals surface area contributed by atoms with E-state index < -0.39 is 9.85 Å². The molecule has 0 aliphatic heterocycles. The predicted octanol–water partition coefficient (Wildman–Crippen LogP) is 4.58. The molecule has 9 nitrogen and oxygen atoms in total. The Kier molecular flexibility index (Phi) is 7.82. The topological polar surface area (TPSA) is 128 Å². The van der Waals surface area contributed by atoms with Crippen LogP contribution in [0.2, 0.25) is 0 Å². The summed E-state index contributed by atoms with van der Waals surface area (Å²) in [5.74, 6) is 0.526. The third-order valence-corrected chi connectivity index (χ3v) is 5.02. The summed E-state index contributed by atoms with van der Waals surface area (Å²) in [6.45, 7) is 3.98. The molecule has 33 heavy (non-hydrogen) atoms. The minimum Gasteiger partial charge on any atom is -0.388 e. The normalized spacial score (nSPS) is 11.5. The van der Waals surface area contributed by atoms with E-state index in [0.717, 1.165) is 22.3 Å². The van der Waals surface area contributed by atoms with E-state index in [2.05, 4.69) is 16.0 Å². The van der Waals surface area contributed by atoms with Gasteiger partial charge in [-0.1, -0.05) is 48.5 Å². The number of nitrogens with zero attached hydrogens (tertiary/aromatic N) is 4. The number of nitro benzene ring substituents is 2. The minimum absolute atomic E-state index is 0.0455. The Labute approximate surface area is 191 Å². The number of benzene rings is 3. The molecule has 9 heteroatoms. The van der Waals surface area contributed by atoms with Crippen molar-refractivity contribution in [2.75, 3.05) is 0 Å². The molecule has 0 radical (unpaired) electrons. The maximum absolute atomic E-state index is 10.9. The van der Waals surface area contributed by atoms with Crippen molar-refractivity contribution in [3.63, 3.8) is 0 Å². The Morgan fingerprint density at radius 2 is 1.24 bits per heavy atom. The van der Waals surface area contributed by atoms with Crippen LogP contribution in [0.25, 0.3) is 0 Å². The average Bonchev–Trinajstić information content (AvgIpc) is 2.78. The fourth-order valence-corrected chi connectivity index (χ4v) is 3.43. The lowest BCUT2D eigenvalue weighted by Gasteiger charge is -2.23. The molecule has 0 spiro atoms. The number of amidine groups is 1. The summed E-state index contributed by atoms with van der Waals surface area (Å²) >= 11 is 0. The van der Waals surface area contributed by atoms with Crippen molar-refractivity contribution < 1.29 is 9.85 Å². The Morgan fingerprint density at radius 3 is 1.70 bits per heavy atom. The second-order valence-corrected chi connectivity index (χ2v) is 7.77. The van der Waals surface area contributed by atoms with Crippen molar-refractivity contribution in [3.05, 3.63) is 115 Å². The summed E-state index contributed by atoms with van der Waals surface area (Å²) in [5.41, 5.74) is 9.73. The van der Waals surface area contributed by atoms with E-state index in [1.54, 1.807) is 31.2 Å². The zero-order valence-corrected chi connectivity index (χ0v) is 18.3. The molecule has 0 heterocycles. The summed E-state index contributed by atoms with van der Waals surface area (Å²) < 4.78 is 0. The molecule has 0 saturated carbocycles. The van der Waals surface area contributed by atoms with Crippen molar-refractivity contribution in [2.45, 2.75) is 33.1 Å². The fraction of sp³-hybridized carbons (Fsp3) is 0.208. The van der Waals surface area contributed by atoms with Gasteiger partial charge in [0.15, 0.2) is 0 Å². The van der Waals surface area contributed by atoms with Crippen LogP contribution in [0, 0.1) is 20.2 Å². The van der Waals surface area contributed by atoms with Crippen LogP contribution in [0.5, 0.6) is 0 Å². The van der Waals surface area contributed by atoms with Crippen LogP contribution in [0.3, 0.4) is 0 Å². The highest BCUT2D eigenvalue weighted by Gasteiger charge is 2.12.